The molecule has 1 atom stereocenters. The molecule has 0 radical (unpaired) electrons. The number of aryl methyl sites for hydroxylation is 2. The van der Waals surface area contributed by atoms with E-state index in [9.17, 15) is 4.79 Å². The summed E-state index contributed by atoms with van der Waals surface area (Å²) in [5, 5.41) is 1.09. The minimum Gasteiger partial charge on any atom is -0.493 e. The SMILES string of the molecule is CCN(CC)C(=O)c1ccc(C2c3cc(OC)c(OC)cc3CCN2Cc2nc(C)sc2C)cc1. The van der Waals surface area contributed by atoms with Crippen LogP contribution in [0.4, 0.5) is 0 Å². The van der Waals surface area contributed by atoms with Crippen LogP contribution in [-0.4, -0.2) is 54.5 Å². The molecule has 4 rings (SSSR count). The van der Waals surface area contributed by atoms with Crippen LogP contribution in [0.25, 0.3) is 0 Å². The van der Waals surface area contributed by atoms with E-state index in [4.69, 9.17) is 14.5 Å². The molecule has 2 heterocycles. The maximum atomic E-state index is 12.9. The number of nitrogens with zero attached hydrogens (tertiary/aromatic N) is 3. The van der Waals surface area contributed by atoms with E-state index in [1.807, 2.05) is 30.9 Å². The summed E-state index contributed by atoms with van der Waals surface area (Å²) in [6.07, 6.45) is 0.923. The quantitative estimate of drug-likeness (QED) is 0.420. The van der Waals surface area contributed by atoms with Crippen LogP contribution in [0.15, 0.2) is 36.4 Å². The smallest absolute Gasteiger partial charge is 0.253 e. The van der Waals surface area contributed by atoms with Gasteiger partial charge in [-0.3, -0.25) is 9.69 Å². The molecule has 0 aliphatic carbocycles. The lowest BCUT2D eigenvalue weighted by Crippen LogP contribution is -2.36. The van der Waals surface area contributed by atoms with Crippen molar-refractivity contribution in [3.8, 4) is 11.5 Å². The number of aromatic nitrogens is 1. The van der Waals surface area contributed by atoms with Crippen LogP contribution < -0.4 is 9.47 Å². The van der Waals surface area contributed by atoms with Crippen LogP contribution in [0.2, 0.25) is 0 Å². The summed E-state index contributed by atoms with van der Waals surface area (Å²) in [4.78, 5) is 23.3. The molecule has 35 heavy (non-hydrogen) atoms. The lowest BCUT2D eigenvalue weighted by Gasteiger charge is -2.38. The van der Waals surface area contributed by atoms with Gasteiger partial charge in [0.1, 0.15) is 0 Å². The number of amides is 1. The van der Waals surface area contributed by atoms with Gasteiger partial charge in [0, 0.05) is 36.6 Å². The van der Waals surface area contributed by atoms with Crippen molar-refractivity contribution in [3.05, 3.63) is 74.2 Å². The zero-order valence-corrected chi connectivity index (χ0v) is 22.4. The Hall–Kier alpha value is -2.90. The second-order valence-corrected chi connectivity index (χ2v) is 10.3. The molecule has 0 fully saturated rings. The van der Waals surface area contributed by atoms with E-state index in [-0.39, 0.29) is 11.9 Å². The average molecular weight is 494 g/mol. The van der Waals surface area contributed by atoms with Crippen LogP contribution in [0, 0.1) is 13.8 Å². The van der Waals surface area contributed by atoms with Crippen LogP contribution in [0.5, 0.6) is 11.5 Å². The van der Waals surface area contributed by atoms with Crippen molar-refractivity contribution in [2.24, 2.45) is 0 Å². The predicted molar refractivity (Wildman–Crippen MR) is 141 cm³/mol. The van der Waals surface area contributed by atoms with E-state index < -0.39 is 0 Å². The van der Waals surface area contributed by atoms with Gasteiger partial charge in [-0.05, 0) is 75.1 Å². The van der Waals surface area contributed by atoms with Gasteiger partial charge in [0.2, 0.25) is 0 Å². The van der Waals surface area contributed by atoms with Crippen LogP contribution >= 0.6 is 11.3 Å². The molecule has 186 valence electrons. The number of hydrogen-bond donors (Lipinski definition) is 0. The third-order valence-corrected chi connectivity index (χ3v) is 7.78. The highest BCUT2D eigenvalue weighted by Gasteiger charge is 2.31. The average Bonchev–Trinajstić information content (AvgIpc) is 3.19. The fourth-order valence-electron chi connectivity index (χ4n) is 4.97. The molecule has 1 amide bonds. The lowest BCUT2D eigenvalue weighted by molar-refractivity contribution is 0.0773. The van der Waals surface area contributed by atoms with Crippen molar-refractivity contribution in [2.75, 3.05) is 33.9 Å². The van der Waals surface area contributed by atoms with E-state index >= 15 is 0 Å². The minimum atomic E-state index is 0.0255. The van der Waals surface area contributed by atoms with Gasteiger partial charge in [-0.1, -0.05) is 12.1 Å². The van der Waals surface area contributed by atoms with E-state index in [0.717, 1.165) is 52.8 Å². The zero-order valence-electron chi connectivity index (χ0n) is 21.6. The standard InChI is InChI=1S/C28H35N3O3S/c1-7-30(8-2)28(32)21-11-9-20(10-12-21)27-23-16-26(34-6)25(33-5)15-22(23)13-14-31(27)17-24-18(3)35-19(4)29-24/h9-12,15-16,27H,7-8,13-14,17H2,1-6H3. The second kappa shape index (κ2) is 10.8. The normalized spacial score (nSPS) is 15.5. The molecule has 1 aliphatic rings. The molecule has 1 aliphatic heterocycles. The first kappa shape index (κ1) is 25.2. The Morgan fingerprint density at radius 2 is 1.74 bits per heavy atom. The van der Waals surface area contributed by atoms with Gasteiger partial charge in [-0.15, -0.1) is 11.3 Å². The summed E-state index contributed by atoms with van der Waals surface area (Å²) >= 11 is 1.75. The van der Waals surface area contributed by atoms with Gasteiger partial charge < -0.3 is 14.4 Å². The predicted octanol–water partition coefficient (Wildman–Crippen LogP) is 5.41. The fraction of sp³-hybridized carbons (Fsp3) is 0.429. The van der Waals surface area contributed by atoms with Gasteiger partial charge in [0.05, 0.1) is 31.0 Å². The molecular weight excluding hydrogens is 458 g/mol. The summed E-state index contributed by atoms with van der Waals surface area (Å²) in [5.74, 6) is 1.55. The number of carbonyl (C=O) groups is 1. The number of benzene rings is 2. The molecule has 0 N–H and O–H groups in total. The topological polar surface area (TPSA) is 54.9 Å². The second-order valence-electron chi connectivity index (χ2n) is 8.86. The number of methoxy groups -OCH3 is 2. The van der Waals surface area contributed by atoms with Crippen molar-refractivity contribution in [1.29, 1.82) is 0 Å². The molecule has 0 bridgehead atoms. The molecule has 1 unspecified atom stereocenters. The first-order chi connectivity index (χ1) is 16.9. The Bertz CT molecular complexity index is 1180. The molecule has 3 aromatic rings. The van der Waals surface area contributed by atoms with Crippen molar-refractivity contribution < 1.29 is 14.3 Å². The summed E-state index contributed by atoms with van der Waals surface area (Å²) in [5.41, 5.74) is 5.48. The lowest BCUT2D eigenvalue weighted by atomic mass is 9.87. The number of hydrogen-bond acceptors (Lipinski definition) is 6. The third kappa shape index (κ3) is 5.07. The zero-order chi connectivity index (χ0) is 25.1. The van der Waals surface area contributed by atoms with Crippen LogP contribution in [0.1, 0.15) is 62.5 Å². The summed E-state index contributed by atoms with van der Waals surface area (Å²) in [6.45, 7) is 11.3. The maximum absolute atomic E-state index is 12.9. The van der Waals surface area contributed by atoms with Crippen molar-refractivity contribution in [1.82, 2.24) is 14.8 Å². The van der Waals surface area contributed by atoms with Crippen molar-refractivity contribution in [2.45, 2.75) is 46.7 Å². The van der Waals surface area contributed by atoms with E-state index in [0.29, 0.717) is 13.1 Å². The van der Waals surface area contributed by atoms with E-state index in [2.05, 4.69) is 43.0 Å². The highest BCUT2D eigenvalue weighted by atomic mass is 32.1. The number of carbonyl (C=O) groups excluding carboxylic acids is 1. The van der Waals surface area contributed by atoms with Gasteiger partial charge in [0.15, 0.2) is 11.5 Å². The monoisotopic (exact) mass is 493 g/mol. The molecule has 7 heteroatoms. The summed E-state index contributed by atoms with van der Waals surface area (Å²) in [7, 11) is 3.35. The number of fused-ring (bicyclic) bond motifs is 1. The van der Waals surface area contributed by atoms with Crippen molar-refractivity contribution >= 4 is 17.2 Å². The van der Waals surface area contributed by atoms with E-state index in [1.165, 1.54) is 16.0 Å². The molecule has 0 saturated carbocycles. The highest BCUT2D eigenvalue weighted by Crippen LogP contribution is 2.42. The Morgan fingerprint density at radius 3 is 2.31 bits per heavy atom. The molecule has 0 saturated heterocycles. The van der Waals surface area contributed by atoms with Gasteiger partial charge >= 0.3 is 0 Å². The van der Waals surface area contributed by atoms with Crippen molar-refractivity contribution in [3.63, 3.8) is 0 Å². The Labute approximate surface area is 212 Å². The highest BCUT2D eigenvalue weighted by molar-refractivity contribution is 7.11. The first-order valence-electron chi connectivity index (χ1n) is 12.2. The minimum absolute atomic E-state index is 0.0255. The van der Waals surface area contributed by atoms with Gasteiger partial charge in [-0.2, -0.15) is 0 Å². The summed E-state index contributed by atoms with van der Waals surface area (Å²) < 4.78 is 11.2. The number of ether oxygens (including phenoxy) is 2. The Morgan fingerprint density at radius 1 is 1.09 bits per heavy atom. The van der Waals surface area contributed by atoms with Crippen LogP contribution in [-0.2, 0) is 13.0 Å². The Balaban J connectivity index is 1.76. The molecule has 1 aromatic heterocycles. The van der Waals surface area contributed by atoms with Gasteiger partial charge in [-0.25, -0.2) is 4.98 Å². The maximum Gasteiger partial charge on any atom is 0.253 e. The molecule has 0 spiro atoms. The largest absolute Gasteiger partial charge is 0.493 e. The fourth-order valence-corrected chi connectivity index (χ4v) is 5.80. The molecule has 6 nitrogen and oxygen atoms in total. The van der Waals surface area contributed by atoms with Crippen LogP contribution in [0.3, 0.4) is 0 Å². The first-order valence-corrected chi connectivity index (χ1v) is 13.0. The third-order valence-electron chi connectivity index (χ3n) is 6.85. The summed E-state index contributed by atoms with van der Waals surface area (Å²) in [6, 6.07) is 12.4. The Kier molecular flexibility index (Phi) is 7.77. The molecular formula is C28H35N3O3S. The number of rotatable bonds is 8. The molecule has 2 aromatic carbocycles. The van der Waals surface area contributed by atoms with Gasteiger partial charge in [0.25, 0.3) is 5.91 Å². The number of thiazole rings is 1. The van der Waals surface area contributed by atoms with E-state index in [1.54, 1.807) is 25.6 Å².